The number of carbonyl (C=O) groups is 1. The van der Waals surface area contributed by atoms with Crippen LogP contribution < -0.4 is 5.32 Å². The van der Waals surface area contributed by atoms with Crippen LogP contribution in [0.25, 0.3) is 0 Å². The van der Waals surface area contributed by atoms with Gasteiger partial charge in [0.2, 0.25) is 15.9 Å². The van der Waals surface area contributed by atoms with Crippen LogP contribution in [0.1, 0.15) is 11.3 Å². The van der Waals surface area contributed by atoms with Gasteiger partial charge in [-0.2, -0.15) is 4.31 Å². The number of hydrogen-bond acceptors (Lipinski definition) is 4. The van der Waals surface area contributed by atoms with Crippen LogP contribution in [0.5, 0.6) is 0 Å². The van der Waals surface area contributed by atoms with Crippen LogP contribution in [0.15, 0.2) is 76.2 Å². The van der Waals surface area contributed by atoms with Crippen molar-refractivity contribution in [3.8, 4) is 0 Å². The average molecular weight is 419 g/mol. The summed E-state index contributed by atoms with van der Waals surface area (Å²) in [6.07, 6.45) is 1.45. The van der Waals surface area contributed by atoms with E-state index in [0.29, 0.717) is 16.5 Å². The Kier molecular flexibility index (Phi) is 6.18. The monoisotopic (exact) mass is 418 g/mol. The summed E-state index contributed by atoms with van der Waals surface area (Å²) >= 11 is 6.06. The molecule has 0 atom stereocenters. The standard InChI is InChI=1S/C20H19ClN2O4S/c1-15-8-10-17(11-9-15)28(25,26)23(13-16-5-4-12-27-16)14-20(24)22-19-7-3-2-6-18(19)21/h2-12H,13-14H2,1H3,(H,22,24). The Morgan fingerprint density at radius 2 is 1.79 bits per heavy atom. The van der Waals surface area contributed by atoms with Crippen LogP contribution in [0.4, 0.5) is 5.69 Å². The van der Waals surface area contributed by atoms with Crippen molar-refractivity contribution in [3.63, 3.8) is 0 Å². The Morgan fingerprint density at radius 1 is 1.07 bits per heavy atom. The van der Waals surface area contributed by atoms with Gasteiger partial charge in [0, 0.05) is 0 Å². The molecule has 0 spiro atoms. The Balaban J connectivity index is 1.85. The Bertz CT molecular complexity index is 1050. The quantitative estimate of drug-likeness (QED) is 0.627. The van der Waals surface area contributed by atoms with Gasteiger partial charge in [-0.3, -0.25) is 4.79 Å². The van der Waals surface area contributed by atoms with E-state index in [1.54, 1.807) is 48.5 Å². The summed E-state index contributed by atoms with van der Waals surface area (Å²) < 4.78 is 32.6. The maximum absolute atomic E-state index is 13.1. The minimum Gasteiger partial charge on any atom is -0.468 e. The number of furan rings is 1. The highest BCUT2D eigenvalue weighted by Crippen LogP contribution is 2.22. The van der Waals surface area contributed by atoms with Crippen LogP contribution in [-0.2, 0) is 21.4 Å². The molecule has 0 aliphatic carbocycles. The van der Waals surface area contributed by atoms with Gasteiger partial charge in [-0.05, 0) is 43.3 Å². The molecule has 0 radical (unpaired) electrons. The molecular formula is C20H19ClN2O4S. The molecule has 0 aliphatic rings. The number of halogens is 1. The minimum atomic E-state index is -3.91. The lowest BCUT2D eigenvalue weighted by atomic mass is 10.2. The first kappa shape index (κ1) is 20.1. The van der Waals surface area contributed by atoms with Crippen molar-refractivity contribution in [1.29, 1.82) is 0 Å². The van der Waals surface area contributed by atoms with Crippen LogP contribution in [0, 0.1) is 6.92 Å². The number of anilines is 1. The highest BCUT2D eigenvalue weighted by molar-refractivity contribution is 7.89. The average Bonchev–Trinajstić information content (AvgIpc) is 3.17. The zero-order valence-corrected chi connectivity index (χ0v) is 16.7. The van der Waals surface area contributed by atoms with Crippen LogP contribution >= 0.6 is 11.6 Å². The van der Waals surface area contributed by atoms with E-state index in [9.17, 15) is 13.2 Å². The fourth-order valence-corrected chi connectivity index (χ4v) is 4.12. The predicted molar refractivity (Wildman–Crippen MR) is 108 cm³/mol. The van der Waals surface area contributed by atoms with E-state index < -0.39 is 15.9 Å². The topological polar surface area (TPSA) is 79.6 Å². The number of carbonyl (C=O) groups excluding carboxylic acids is 1. The van der Waals surface area contributed by atoms with E-state index in [2.05, 4.69) is 5.32 Å². The summed E-state index contributed by atoms with van der Waals surface area (Å²) in [6.45, 7) is 1.41. The largest absolute Gasteiger partial charge is 0.468 e. The van der Waals surface area contributed by atoms with E-state index in [-0.39, 0.29) is 18.0 Å². The summed E-state index contributed by atoms with van der Waals surface area (Å²) in [4.78, 5) is 12.6. The molecule has 28 heavy (non-hydrogen) atoms. The molecule has 8 heteroatoms. The van der Waals surface area contributed by atoms with Gasteiger partial charge in [0.1, 0.15) is 5.76 Å². The number of rotatable bonds is 7. The van der Waals surface area contributed by atoms with Gasteiger partial charge in [0.05, 0.1) is 35.0 Å². The third-order valence-corrected chi connectivity index (χ3v) is 6.17. The van der Waals surface area contributed by atoms with Gasteiger partial charge in [-0.1, -0.05) is 41.4 Å². The van der Waals surface area contributed by atoms with Crippen molar-refractivity contribution in [3.05, 3.63) is 83.3 Å². The molecular weight excluding hydrogens is 400 g/mol. The molecule has 1 aromatic heterocycles. The Morgan fingerprint density at radius 3 is 2.43 bits per heavy atom. The molecule has 0 aliphatic heterocycles. The van der Waals surface area contributed by atoms with Gasteiger partial charge in [-0.15, -0.1) is 0 Å². The fourth-order valence-electron chi connectivity index (χ4n) is 2.57. The number of aryl methyl sites for hydroxylation is 1. The maximum atomic E-state index is 13.1. The van der Waals surface area contributed by atoms with Crippen molar-refractivity contribution < 1.29 is 17.6 Å². The fraction of sp³-hybridized carbons (Fsp3) is 0.150. The molecule has 0 fully saturated rings. The first-order valence-corrected chi connectivity index (χ1v) is 10.3. The molecule has 0 bridgehead atoms. The van der Waals surface area contributed by atoms with E-state index in [4.69, 9.17) is 16.0 Å². The first-order valence-electron chi connectivity index (χ1n) is 8.50. The lowest BCUT2D eigenvalue weighted by Crippen LogP contribution is -2.37. The third-order valence-electron chi connectivity index (χ3n) is 4.04. The Labute approximate surface area is 168 Å². The number of hydrogen-bond donors (Lipinski definition) is 1. The molecule has 0 saturated heterocycles. The van der Waals surface area contributed by atoms with E-state index in [1.807, 2.05) is 6.92 Å². The highest BCUT2D eigenvalue weighted by Gasteiger charge is 2.28. The first-order chi connectivity index (χ1) is 13.4. The number of sulfonamides is 1. The van der Waals surface area contributed by atoms with Crippen molar-refractivity contribution >= 4 is 33.2 Å². The molecule has 146 valence electrons. The lowest BCUT2D eigenvalue weighted by Gasteiger charge is -2.21. The molecule has 1 amide bonds. The molecule has 6 nitrogen and oxygen atoms in total. The number of nitrogens with one attached hydrogen (secondary N) is 1. The molecule has 1 heterocycles. The molecule has 0 unspecified atom stereocenters. The van der Waals surface area contributed by atoms with Crippen molar-refractivity contribution in [2.45, 2.75) is 18.4 Å². The second-order valence-electron chi connectivity index (χ2n) is 6.19. The second kappa shape index (κ2) is 8.60. The van der Waals surface area contributed by atoms with E-state index in [1.165, 1.54) is 18.4 Å². The highest BCUT2D eigenvalue weighted by atomic mass is 35.5. The summed E-state index contributed by atoms with van der Waals surface area (Å²) in [5, 5.41) is 3.02. The number of para-hydroxylation sites is 1. The van der Waals surface area contributed by atoms with Gasteiger partial charge in [-0.25, -0.2) is 8.42 Å². The zero-order chi connectivity index (χ0) is 20.1. The van der Waals surface area contributed by atoms with Crippen LogP contribution in [0.3, 0.4) is 0 Å². The molecule has 3 aromatic rings. The third kappa shape index (κ3) is 4.81. The zero-order valence-electron chi connectivity index (χ0n) is 15.1. The van der Waals surface area contributed by atoms with Crippen molar-refractivity contribution in [2.75, 3.05) is 11.9 Å². The van der Waals surface area contributed by atoms with E-state index in [0.717, 1.165) is 9.87 Å². The van der Waals surface area contributed by atoms with Gasteiger partial charge in [0.25, 0.3) is 0 Å². The molecule has 0 saturated carbocycles. The summed E-state index contributed by atoms with van der Waals surface area (Å²) in [5.74, 6) is -0.0726. The van der Waals surface area contributed by atoms with Gasteiger partial charge < -0.3 is 9.73 Å². The second-order valence-corrected chi connectivity index (χ2v) is 8.54. The van der Waals surface area contributed by atoms with Crippen LogP contribution in [0.2, 0.25) is 5.02 Å². The van der Waals surface area contributed by atoms with Gasteiger partial charge >= 0.3 is 0 Å². The summed E-state index contributed by atoms with van der Waals surface area (Å²) in [6, 6.07) is 16.5. The lowest BCUT2D eigenvalue weighted by molar-refractivity contribution is -0.116. The number of amides is 1. The predicted octanol–water partition coefficient (Wildman–Crippen LogP) is 4.07. The number of benzene rings is 2. The maximum Gasteiger partial charge on any atom is 0.243 e. The minimum absolute atomic E-state index is 0.0703. The van der Waals surface area contributed by atoms with Crippen molar-refractivity contribution in [1.82, 2.24) is 4.31 Å². The molecule has 2 aromatic carbocycles. The summed E-state index contributed by atoms with van der Waals surface area (Å²) in [7, 11) is -3.91. The van der Waals surface area contributed by atoms with Crippen molar-refractivity contribution in [2.24, 2.45) is 0 Å². The van der Waals surface area contributed by atoms with Crippen LogP contribution in [-0.4, -0.2) is 25.2 Å². The number of nitrogens with zero attached hydrogens (tertiary/aromatic N) is 1. The summed E-state index contributed by atoms with van der Waals surface area (Å²) in [5.41, 5.74) is 1.35. The Hall–Kier alpha value is -2.61. The SMILES string of the molecule is Cc1ccc(S(=O)(=O)N(CC(=O)Nc2ccccc2Cl)Cc2ccco2)cc1. The molecule has 1 N–H and O–H groups in total. The smallest absolute Gasteiger partial charge is 0.243 e. The van der Waals surface area contributed by atoms with E-state index >= 15 is 0 Å². The van der Waals surface area contributed by atoms with Gasteiger partial charge in [0.15, 0.2) is 0 Å². The normalized spacial score (nSPS) is 11.5. The molecule has 3 rings (SSSR count).